The molecule has 0 radical (unpaired) electrons. The summed E-state index contributed by atoms with van der Waals surface area (Å²) in [4.78, 5) is 4.75. The monoisotopic (exact) mass is 389 g/mol. The molecule has 2 heterocycles. The van der Waals surface area contributed by atoms with E-state index in [2.05, 4.69) is 86.6 Å². The molecule has 6 aromatic rings. The van der Waals surface area contributed by atoms with Crippen molar-refractivity contribution in [2.45, 2.75) is 13.8 Å². The van der Waals surface area contributed by atoms with Crippen molar-refractivity contribution in [1.82, 2.24) is 4.98 Å². The topological polar surface area (TPSA) is 12.9 Å². The third-order valence-electron chi connectivity index (χ3n) is 5.97. The van der Waals surface area contributed by atoms with E-state index >= 15 is 0 Å². The van der Waals surface area contributed by atoms with Crippen LogP contribution in [-0.4, -0.2) is 4.98 Å². The predicted molar refractivity (Wildman–Crippen MR) is 127 cm³/mol. The maximum Gasteiger partial charge on any atom is 0.0711 e. The van der Waals surface area contributed by atoms with Crippen molar-refractivity contribution in [3.63, 3.8) is 0 Å². The van der Waals surface area contributed by atoms with Gasteiger partial charge in [0, 0.05) is 31.9 Å². The lowest BCUT2D eigenvalue weighted by atomic mass is 9.98. The van der Waals surface area contributed by atoms with Gasteiger partial charge in [0.25, 0.3) is 0 Å². The molecule has 0 aliphatic carbocycles. The summed E-state index contributed by atoms with van der Waals surface area (Å²) in [7, 11) is 0. The molecule has 29 heavy (non-hydrogen) atoms. The average molecular weight is 390 g/mol. The molecular weight excluding hydrogens is 370 g/mol. The number of pyridine rings is 1. The fourth-order valence-electron chi connectivity index (χ4n) is 4.25. The lowest BCUT2D eigenvalue weighted by Gasteiger charge is -2.07. The van der Waals surface area contributed by atoms with Crippen LogP contribution in [0.3, 0.4) is 0 Å². The maximum atomic E-state index is 4.75. The van der Waals surface area contributed by atoms with E-state index < -0.39 is 0 Å². The first-order valence-corrected chi connectivity index (χ1v) is 10.7. The Morgan fingerprint density at radius 2 is 1.41 bits per heavy atom. The van der Waals surface area contributed by atoms with Crippen molar-refractivity contribution in [3.8, 4) is 11.3 Å². The van der Waals surface area contributed by atoms with Gasteiger partial charge in [0.2, 0.25) is 0 Å². The molecule has 6 rings (SSSR count). The predicted octanol–water partition coefficient (Wildman–Crippen LogP) is 8.04. The molecule has 0 fully saturated rings. The summed E-state index contributed by atoms with van der Waals surface area (Å²) in [5.74, 6) is 0. The van der Waals surface area contributed by atoms with Crippen LogP contribution in [0.25, 0.3) is 53.0 Å². The Hall–Kier alpha value is -3.23. The van der Waals surface area contributed by atoms with Gasteiger partial charge in [-0.15, -0.1) is 11.3 Å². The first-order chi connectivity index (χ1) is 14.2. The van der Waals surface area contributed by atoms with Crippen LogP contribution in [-0.2, 0) is 0 Å². The molecule has 4 aromatic carbocycles. The second-order valence-electron chi connectivity index (χ2n) is 7.83. The molecular formula is C27H19NS. The summed E-state index contributed by atoms with van der Waals surface area (Å²) in [5, 5.41) is 7.81. The normalized spacial score (nSPS) is 11.8. The number of rotatable bonds is 1. The highest BCUT2D eigenvalue weighted by Gasteiger charge is 2.13. The van der Waals surface area contributed by atoms with Crippen molar-refractivity contribution in [2.24, 2.45) is 0 Å². The van der Waals surface area contributed by atoms with Crippen LogP contribution in [0.15, 0.2) is 79.0 Å². The zero-order valence-electron chi connectivity index (χ0n) is 16.4. The standard InChI is InChI=1S/C27H19NS/c1-16-10-24(28-15-17(16)2)22-8-5-9-25-27(22)23-13-20-11-18-6-3-4-7-19(18)12-21(20)14-26(23)29-25/h3-15H,1-2H3. The van der Waals surface area contributed by atoms with Crippen LogP contribution in [0, 0.1) is 13.8 Å². The smallest absolute Gasteiger partial charge is 0.0711 e. The van der Waals surface area contributed by atoms with Gasteiger partial charge in [-0.05, 0) is 82.9 Å². The molecule has 0 N–H and O–H groups in total. The molecule has 0 spiro atoms. The maximum absolute atomic E-state index is 4.75. The fraction of sp³-hybridized carbons (Fsp3) is 0.0741. The molecule has 0 aliphatic heterocycles. The molecule has 2 heteroatoms. The van der Waals surface area contributed by atoms with Crippen LogP contribution in [0.2, 0.25) is 0 Å². The zero-order valence-corrected chi connectivity index (χ0v) is 17.2. The Morgan fingerprint density at radius 1 is 0.655 bits per heavy atom. The van der Waals surface area contributed by atoms with Gasteiger partial charge >= 0.3 is 0 Å². The Balaban J connectivity index is 1.71. The van der Waals surface area contributed by atoms with Crippen LogP contribution >= 0.6 is 11.3 Å². The second kappa shape index (κ2) is 6.13. The molecule has 1 nitrogen and oxygen atoms in total. The van der Waals surface area contributed by atoms with Crippen molar-refractivity contribution >= 4 is 53.1 Å². The van der Waals surface area contributed by atoms with Crippen molar-refractivity contribution in [3.05, 3.63) is 90.1 Å². The van der Waals surface area contributed by atoms with Crippen molar-refractivity contribution in [2.75, 3.05) is 0 Å². The van der Waals surface area contributed by atoms with Crippen LogP contribution in [0.4, 0.5) is 0 Å². The number of nitrogens with zero attached hydrogens (tertiary/aromatic N) is 1. The molecule has 0 bridgehead atoms. The highest BCUT2D eigenvalue weighted by molar-refractivity contribution is 7.26. The van der Waals surface area contributed by atoms with Gasteiger partial charge in [-0.25, -0.2) is 0 Å². The minimum atomic E-state index is 1.05. The van der Waals surface area contributed by atoms with E-state index in [1.54, 1.807) is 0 Å². The number of thiophene rings is 1. The minimum absolute atomic E-state index is 1.05. The molecule has 0 unspecified atom stereocenters. The molecule has 0 saturated carbocycles. The summed E-state index contributed by atoms with van der Waals surface area (Å²) in [6, 6.07) is 26.7. The summed E-state index contributed by atoms with van der Waals surface area (Å²) in [5.41, 5.74) is 4.78. The van der Waals surface area contributed by atoms with E-state index in [9.17, 15) is 0 Å². The van der Waals surface area contributed by atoms with Crippen LogP contribution in [0.1, 0.15) is 11.1 Å². The summed E-state index contributed by atoms with van der Waals surface area (Å²) in [6.07, 6.45) is 1.99. The highest BCUT2D eigenvalue weighted by Crippen LogP contribution is 2.41. The Labute approximate surface area is 173 Å². The Morgan fingerprint density at radius 3 is 2.17 bits per heavy atom. The molecule has 138 valence electrons. The van der Waals surface area contributed by atoms with Gasteiger partial charge in [0.05, 0.1) is 5.69 Å². The highest BCUT2D eigenvalue weighted by atomic mass is 32.1. The molecule has 2 aromatic heterocycles. The van der Waals surface area contributed by atoms with Crippen LogP contribution in [0.5, 0.6) is 0 Å². The Bertz CT molecular complexity index is 1570. The SMILES string of the molecule is Cc1cnc(-c2cccc3sc4cc5cc6ccccc6cc5cc4c23)cc1C. The summed E-state index contributed by atoms with van der Waals surface area (Å²) in [6.45, 7) is 4.27. The van der Waals surface area contributed by atoms with Crippen molar-refractivity contribution < 1.29 is 0 Å². The van der Waals surface area contributed by atoms with E-state index in [-0.39, 0.29) is 0 Å². The largest absolute Gasteiger partial charge is 0.256 e. The zero-order chi connectivity index (χ0) is 19.5. The Kier molecular flexibility index (Phi) is 3.53. The number of fused-ring (bicyclic) bond motifs is 5. The van der Waals surface area contributed by atoms with Crippen LogP contribution < -0.4 is 0 Å². The van der Waals surface area contributed by atoms with Gasteiger partial charge in [-0.3, -0.25) is 4.98 Å². The lowest BCUT2D eigenvalue weighted by molar-refractivity contribution is 1.22. The second-order valence-corrected chi connectivity index (χ2v) is 8.91. The fourth-order valence-corrected chi connectivity index (χ4v) is 5.41. The molecule has 0 atom stereocenters. The van der Waals surface area contributed by atoms with Gasteiger partial charge in [-0.2, -0.15) is 0 Å². The summed E-state index contributed by atoms with van der Waals surface area (Å²) < 4.78 is 2.65. The average Bonchev–Trinajstić information content (AvgIpc) is 3.10. The first-order valence-electron chi connectivity index (χ1n) is 9.89. The van der Waals surface area contributed by atoms with E-state index in [0.29, 0.717) is 0 Å². The number of aryl methyl sites for hydroxylation is 2. The number of aromatic nitrogens is 1. The van der Waals surface area contributed by atoms with Gasteiger partial charge in [0.15, 0.2) is 0 Å². The quantitative estimate of drug-likeness (QED) is 0.259. The van der Waals surface area contributed by atoms with Crippen molar-refractivity contribution in [1.29, 1.82) is 0 Å². The molecule has 0 aliphatic rings. The summed E-state index contributed by atoms with van der Waals surface area (Å²) >= 11 is 1.87. The van der Waals surface area contributed by atoms with E-state index in [1.807, 2.05) is 17.5 Å². The number of benzene rings is 4. The molecule has 0 amide bonds. The van der Waals surface area contributed by atoms with E-state index in [4.69, 9.17) is 4.98 Å². The lowest BCUT2D eigenvalue weighted by Crippen LogP contribution is -1.89. The van der Waals surface area contributed by atoms with E-state index in [1.165, 1.54) is 58.4 Å². The van der Waals surface area contributed by atoms with E-state index in [0.717, 1.165) is 5.69 Å². The van der Waals surface area contributed by atoms with Gasteiger partial charge in [-0.1, -0.05) is 36.4 Å². The third kappa shape index (κ3) is 2.56. The minimum Gasteiger partial charge on any atom is -0.256 e. The number of hydrogen-bond donors (Lipinski definition) is 0. The third-order valence-corrected chi connectivity index (χ3v) is 7.08. The first kappa shape index (κ1) is 16.7. The molecule has 0 saturated heterocycles. The number of hydrogen-bond acceptors (Lipinski definition) is 2. The van der Waals surface area contributed by atoms with Gasteiger partial charge < -0.3 is 0 Å². The van der Waals surface area contributed by atoms with Gasteiger partial charge in [0.1, 0.15) is 0 Å².